The van der Waals surface area contributed by atoms with Crippen molar-refractivity contribution in [1.29, 1.82) is 0 Å². The normalized spacial score (nSPS) is 12.8. The highest BCUT2D eigenvalue weighted by molar-refractivity contribution is 5.72. The molecule has 1 aromatic heterocycles. The minimum Gasteiger partial charge on any atom is -0.465 e. The molecule has 0 bridgehead atoms. The van der Waals surface area contributed by atoms with E-state index in [1.165, 1.54) is 10.6 Å². The maximum Gasteiger partial charge on any atom is 0.331 e. The molecular formula is C22H38N2O4. The lowest BCUT2D eigenvalue weighted by molar-refractivity contribution is -0.151. The van der Waals surface area contributed by atoms with Crippen molar-refractivity contribution in [3.8, 4) is 0 Å². The Hall–Kier alpha value is -1.85. The number of aryl methyl sites for hydroxylation is 1. The van der Waals surface area contributed by atoms with Gasteiger partial charge in [0.15, 0.2) is 0 Å². The van der Waals surface area contributed by atoms with Gasteiger partial charge in [0, 0.05) is 24.8 Å². The van der Waals surface area contributed by atoms with Crippen molar-refractivity contribution < 1.29 is 9.53 Å². The van der Waals surface area contributed by atoms with Crippen molar-refractivity contribution in [2.75, 3.05) is 6.61 Å². The molecule has 0 radical (unpaired) electrons. The monoisotopic (exact) mass is 394 g/mol. The number of aromatic nitrogens is 2. The second kappa shape index (κ2) is 11.9. The van der Waals surface area contributed by atoms with Crippen LogP contribution in [0.3, 0.4) is 0 Å². The zero-order valence-corrected chi connectivity index (χ0v) is 18.4. The van der Waals surface area contributed by atoms with Crippen LogP contribution >= 0.6 is 0 Å². The first-order chi connectivity index (χ1) is 13.1. The highest BCUT2D eigenvalue weighted by Crippen LogP contribution is 2.21. The van der Waals surface area contributed by atoms with Crippen LogP contribution in [-0.2, 0) is 16.1 Å². The Labute approximate surface area is 168 Å². The van der Waals surface area contributed by atoms with E-state index in [-0.39, 0.29) is 29.2 Å². The van der Waals surface area contributed by atoms with Gasteiger partial charge in [0.2, 0.25) is 0 Å². The topological polar surface area (TPSA) is 70.3 Å². The van der Waals surface area contributed by atoms with Gasteiger partial charge in [-0.25, -0.2) is 4.79 Å². The summed E-state index contributed by atoms with van der Waals surface area (Å²) in [5.41, 5.74) is -0.503. The Morgan fingerprint density at radius 1 is 1.00 bits per heavy atom. The van der Waals surface area contributed by atoms with Crippen molar-refractivity contribution in [2.24, 2.45) is 17.8 Å². The fourth-order valence-corrected chi connectivity index (χ4v) is 3.34. The first-order valence-corrected chi connectivity index (χ1v) is 10.6. The molecule has 0 N–H and O–H groups in total. The summed E-state index contributed by atoms with van der Waals surface area (Å²) >= 11 is 0. The third-order valence-electron chi connectivity index (χ3n) is 4.97. The minimum absolute atomic E-state index is 0.0245. The molecule has 0 amide bonds. The molecule has 0 aromatic carbocycles. The smallest absolute Gasteiger partial charge is 0.331 e. The lowest BCUT2D eigenvalue weighted by Crippen LogP contribution is -2.40. The van der Waals surface area contributed by atoms with E-state index in [0.717, 1.165) is 32.1 Å². The Balaban J connectivity index is 2.34. The van der Waals surface area contributed by atoms with Crippen LogP contribution in [0.1, 0.15) is 79.7 Å². The number of carbonyl (C=O) groups excluding carboxylic acids is 1. The molecule has 1 rings (SSSR count). The summed E-state index contributed by atoms with van der Waals surface area (Å²) in [6.07, 6.45) is 6.02. The van der Waals surface area contributed by atoms with Gasteiger partial charge in [0.05, 0.1) is 12.5 Å². The summed E-state index contributed by atoms with van der Waals surface area (Å²) in [5.74, 6) is 0.672. The van der Waals surface area contributed by atoms with E-state index < -0.39 is 0 Å². The molecule has 6 nitrogen and oxygen atoms in total. The number of rotatable bonds is 12. The molecule has 0 aliphatic carbocycles. The van der Waals surface area contributed by atoms with Crippen molar-refractivity contribution in [2.45, 2.75) is 86.2 Å². The largest absolute Gasteiger partial charge is 0.465 e. The van der Waals surface area contributed by atoms with E-state index in [1.54, 1.807) is 10.8 Å². The predicted octanol–water partition coefficient (Wildman–Crippen LogP) is 4.01. The molecule has 1 aromatic rings. The minimum atomic E-state index is -0.254. The van der Waals surface area contributed by atoms with Gasteiger partial charge in [-0.1, -0.05) is 34.1 Å². The highest BCUT2D eigenvalue weighted by atomic mass is 16.5. The Morgan fingerprint density at radius 2 is 1.64 bits per heavy atom. The quantitative estimate of drug-likeness (QED) is 0.397. The molecule has 0 aliphatic rings. The Morgan fingerprint density at radius 3 is 2.21 bits per heavy atom. The molecule has 1 unspecified atom stereocenters. The third kappa shape index (κ3) is 7.64. The van der Waals surface area contributed by atoms with E-state index in [1.807, 2.05) is 13.8 Å². The number of hydrogen-bond acceptors (Lipinski definition) is 4. The average Bonchev–Trinajstić information content (AvgIpc) is 2.59. The molecule has 0 saturated heterocycles. The second-order valence-corrected chi connectivity index (χ2v) is 8.66. The summed E-state index contributed by atoms with van der Waals surface area (Å²) in [6.45, 7) is 13.1. The van der Waals surface area contributed by atoms with Crippen molar-refractivity contribution in [3.05, 3.63) is 33.1 Å². The molecule has 1 atom stereocenters. The van der Waals surface area contributed by atoms with Crippen molar-refractivity contribution in [3.63, 3.8) is 0 Å². The predicted molar refractivity (Wildman–Crippen MR) is 113 cm³/mol. The highest BCUT2D eigenvalue weighted by Gasteiger charge is 2.24. The van der Waals surface area contributed by atoms with Crippen LogP contribution < -0.4 is 11.2 Å². The Bertz CT molecular complexity index is 716. The molecular weight excluding hydrogens is 356 g/mol. The third-order valence-corrected chi connectivity index (χ3v) is 4.97. The summed E-state index contributed by atoms with van der Waals surface area (Å²) < 4.78 is 8.35. The fraction of sp³-hybridized carbons (Fsp3) is 0.773. The molecule has 0 saturated carbocycles. The van der Waals surface area contributed by atoms with Crippen LogP contribution in [0.25, 0.3) is 0 Å². The van der Waals surface area contributed by atoms with E-state index >= 15 is 0 Å². The SMILES string of the molecule is CC(C)CC(C(=O)OCCCCCCn1ccc(=O)n(C(C)C)c1=O)C(C)C. The van der Waals surface area contributed by atoms with Crippen LogP contribution in [0.5, 0.6) is 0 Å². The number of carbonyl (C=O) groups is 1. The number of esters is 1. The standard InChI is InChI=1S/C22H38N2O4/c1-16(2)15-19(17(3)4)21(26)28-14-10-8-7-9-12-23-13-11-20(25)24(18(5)6)22(23)27/h11,13,16-19H,7-10,12,14-15H2,1-6H3. The van der Waals surface area contributed by atoms with Crippen LogP contribution in [-0.4, -0.2) is 21.7 Å². The number of nitrogens with zero attached hydrogens (tertiary/aromatic N) is 2. The van der Waals surface area contributed by atoms with Gasteiger partial charge in [-0.2, -0.15) is 0 Å². The molecule has 1 heterocycles. The summed E-state index contributed by atoms with van der Waals surface area (Å²) in [4.78, 5) is 36.4. The van der Waals surface area contributed by atoms with Gasteiger partial charge >= 0.3 is 11.7 Å². The fourth-order valence-electron chi connectivity index (χ4n) is 3.34. The van der Waals surface area contributed by atoms with Crippen LogP contribution in [0.15, 0.2) is 21.9 Å². The maximum atomic E-state index is 12.3. The van der Waals surface area contributed by atoms with Gasteiger partial charge in [-0.05, 0) is 51.4 Å². The van der Waals surface area contributed by atoms with Crippen molar-refractivity contribution >= 4 is 5.97 Å². The number of ether oxygens (including phenoxy) is 1. The maximum absolute atomic E-state index is 12.3. The van der Waals surface area contributed by atoms with Crippen LogP contribution in [0.2, 0.25) is 0 Å². The molecule has 6 heteroatoms. The first kappa shape index (κ1) is 24.2. The molecule has 160 valence electrons. The van der Waals surface area contributed by atoms with Gasteiger partial charge in [-0.15, -0.1) is 0 Å². The van der Waals surface area contributed by atoms with E-state index in [9.17, 15) is 14.4 Å². The van der Waals surface area contributed by atoms with E-state index in [2.05, 4.69) is 27.7 Å². The van der Waals surface area contributed by atoms with Gasteiger partial charge < -0.3 is 9.30 Å². The summed E-state index contributed by atoms with van der Waals surface area (Å²) in [5, 5.41) is 0. The first-order valence-electron chi connectivity index (χ1n) is 10.6. The molecule has 28 heavy (non-hydrogen) atoms. The van der Waals surface area contributed by atoms with Crippen molar-refractivity contribution in [1.82, 2.24) is 9.13 Å². The van der Waals surface area contributed by atoms with Crippen LogP contribution in [0, 0.1) is 17.8 Å². The number of hydrogen-bond donors (Lipinski definition) is 0. The Kier molecular flexibility index (Phi) is 10.3. The lowest BCUT2D eigenvalue weighted by atomic mass is 9.88. The average molecular weight is 395 g/mol. The second-order valence-electron chi connectivity index (χ2n) is 8.66. The van der Waals surface area contributed by atoms with Crippen LogP contribution in [0.4, 0.5) is 0 Å². The van der Waals surface area contributed by atoms with E-state index in [0.29, 0.717) is 25.0 Å². The lowest BCUT2D eigenvalue weighted by Gasteiger charge is -2.21. The van der Waals surface area contributed by atoms with Gasteiger partial charge in [-0.3, -0.25) is 14.2 Å². The molecule has 0 fully saturated rings. The summed E-state index contributed by atoms with van der Waals surface area (Å²) in [7, 11) is 0. The zero-order valence-electron chi connectivity index (χ0n) is 18.4. The zero-order chi connectivity index (χ0) is 21.3. The van der Waals surface area contributed by atoms with Gasteiger partial charge in [0.25, 0.3) is 5.56 Å². The number of unbranched alkanes of at least 4 members (excludes halogenated alkanes) is 3. The summed E-state index contributed by atoms with van der Waals surface area (Å²) in [6, 6.07) is 1.30. The van der Waals surface area contributed by atoms with Gasteiger partial charge in [0.1, 0.15) is 0 Å². The van der Waals surface area contributed by atoms with E-state index in [4.69, 9.17) is 4.74 Å². The molecule has 0 spiro atoms. The molecule has 0 aliphatic heterocycles.